The van der Waals surface area contributed by atoms with Crippen molar-refractivity contribution in [3.8, 4) is 0 Å². The number of carbonyl (C=O) groups excluding carboxylic acids is 1. The third-order valence-corrected chi connectivity index (χ3v) is 3.87. The molecule has 0 aromatic heterocycles. The highest BCUT2D eigenvalue weighted by Crippen LogP contribution is 2.45. The van der Waals surface area contributed by atoms with Crippen LogP contribution in [-0.4, -0.2) is 31.9 Å². The number of aliphatic imine (C=N–C) groups is 1. The van der Waals surface area contributed by atoms with Gasteiger partial charge in [0.05, 0.1) is 13.2 Å². The van der Waals surface area contributed by atoms with Gasteiger partial charge in [0.25, 0.3) is 0 Å². The number of nitrogens with one attached hydrogen (secondary N) is 2. The maximum absolute atomic E-state index is 12.3. The Kier molecular flexibility index (Phi) is 2.70. The molecule has 2 N–H and O–H groups in total. The largest absolute Gasteiger partial charge is 0.465 e. The molecule has 2 atom stereocenters. The van der Waals surface area contributed by atoms with Crippen molar-refractivity contribution in [3.63, 3.8) is 0 Å². The molecule has 1 saturated heterocycles. The molecule has 0 aromatic rings. The number of carbonyl (C=O) groups is 1. The third-order valence-electron chi connectivity index (χ3n) is 3.87. The van der Waals surface area contributed by atoms with Crippen LogP contribution in [0, 0.1) is 11.3 Å². The van der Waals surface area contributed by atoms with E-state index in [1.165, 1.54) is 0 Å². The number of ether oxygens (including phenoxy) is 1. The zero-order chi connectivity index (χ0) is 12.6. The Morgan fingerprint density at radius 2 is 2.56 bits per heavy atom. The number of fused-ring (bicyclic) bond motifs is 2. The van der Waals surface area contributed by atoms with Gasteiger partial charge in [0, 0.05) is 24.4 Å². The van der Waals surface area contributed by atoms with E-state index < -0.39 is 5.41 Å². The Bertz CT molecular complexity index is 467. The maximum Gasteiger partial charge on any atom is 0.318 e. The average Bonchev–Trinajstić information content (AvgIpc) is 2.82. The van der Waals surface area contributed by atoms with Crippen LogP contribution < -0.4 is 10.9 Å². The number of dihydropyridines is 1. The normalized spacial score (nSPS) is 32.8. The minimum absolute atomic E-state index is 0.143. The Morgan fingerprint density at radius 1 is 1.67 bits per heavy atom. The van der Waals surface area contributed by atoms with Crippen molar-refractivity contribution >= 4 is 12.2 Å². The number of hydrogen-bond donors (Lipinski definition) is 2. The quantitative estimate of drug-likeness (QED) is 0.700. The SMILES string of the molecule is CCOC(=O)C12CN=CC=C1C=C1NNCC1C2. The number of rotatable bonds is 2. The standard InChI is InChI=1S/C13H17N3O2/c1-2-18-12(17)13-6-9-7-15-16-11(9)5-10(13)3-4-14-8-13/h3-5,9,15-16H,2,6-8H2,1H3. The summed E-state index contributed by atoms with van der Waals surface area (Å²) in [6, 6.07) is 0. The number of esters is 1. The van der Waals surface area contributed by atoms with Crippen LogP contribution in [0.5, 0.6) is 0 Å². The summed E-state index contributed by atoms with van der Waals surface area (Å²) >= 11 is 0. The van der Waals surface area contributed by atoms with Crippen LogP contribution in [-0.2, 0) is 9.53 Å². The second-order valence-corrected chi connectivity index (χ2v) is 4.92. The summed E-state index contributed by atoms with van der Waals surface area (Å²) in [4.78, 5) is 16.6. The molecule has 5 heteroatoms. The summed E-state index contributed by atoms with van der Waals surface area (Å²) in [7, 11) is 0. The number of nitrogens with zero attached hydrogens (tertiary/aromatic N) is 1. The Balaban J connectivity index is 1.99. The predicted octanol–water partition coefficient (Wildman–Crippen LogP) is 0.558. The maximum atomic E-state index is 12.3. The van der Waals surface area contributed by atoms with Gasteiger partial charge in [0.2, 0.25) is 0 Å². The lowest BCUT2D eigenvalue weighted by Gasteiger charge is -2.38. The van der Waals surface area contributed by atoms with Crippen molar-refractivity contribution in [1.29, 1.82) is 0 Å². The molecule has 0 radical (unpaired) electrons. The second kappa shape index (κ2) is 4.24. The van der Waals surface area contributed by atoms with Gasteiger partial charge < -0.3 is 10.2 Å². The first kappa shape index (κ1) is 11.5. The van der Waals surface area contributed by atoms with E-state index in [1.807, 2.05) is 13.0 Å². The number of hydrazine groups is 1. The molecule has 0 amide bonds. The molecule has 1 fully saturated rings. The second-order valence-electron chi connectivity index (χ2n) is 4.92. The van der Waals surface area contributed by atoms with E-state index in [4.69, 9.17) is 4.74 Å². The summed E-state index contributed by atoms with van der Waals surface area (Å²) in [6.07, 6.45) is 6.52. The molecule has 3 aliphatic rings. The molecule has 2 aliphatic heterocycles. The van der Waals surface area contributed by atoms with Crippen LogP contribution in [0.4, 0.5) is 0 Å². The average molecular weight is 247 g/mol. The molecule has 0 spiro atoms. The first-order chi connectivity index (χ1) is 8.76. The van der Waals surface area contributed by atoms with E-state index in [-0.39, 0.29) is 5.97 Å². The molecule has 0 saturated carbocycles. The van der Waals surface area contributed by atoms with Crippen LogP contribution in [0.1, 0.15) is 13.3 Å². The van der Waals surface area contributed by atoms with Crippen LogP contribution in [0.15, 0.2) is 28.4 Å². The van der Waals surface area contributed by atoms with E-state index in [1.54, 1.807) is 6.21 Å². The summed E-state index contributed by atoms with van der Waals surface area (Å²) < 4.78 is 5.27. The topological polar surface area (TPSA) is 62.7 Å². The van der Waals surface area contributed by atoms with E-state index in [9.17, 15) is 4.79 Å². The van der Waals surface area contributed by atoms with E-state index in [2.05, 4.69) is 21.9 Å². The summed E-state index contributed by atoms with van der Waals surface area (Å²) in [5, 5.41) is 0. The molecular formula is C13H17N3O2. The zero-order valence-electron chi connectivity index (χ0n) is 10.4. The molecular weight excluding hydrogens is 230 g/mol. The summed E-state index contributed by atoms with van der Waals surface area (Å²) in [5.41, 5.74) is 7.88. The van der Waals surface area contributed by atoms with Gasteiger partial charge in [-0.3, -0.25) is 9.79 Å². The Labute approximate surface area is 106 Å². The van der Waals surface area contributed by atoms with Crippen LogP contribution in [0.3, 0.4) is 0 Å². The van der Waals surface area contributed by atoms with Crippen molar-refractivity contribution in [2.24, 2.45) is 16.3 Å². The van der Waals surface area contributed by atoms with Crippen LogP contribution in [0.2, 0.25) is 0 Å². The van der Waals surface area contributed by atoms with Crippen molar-refractivity contribution < 1.29 is 9.53 Å². The fourth-order valence-electron chi connectivity index (χ4n) is 2.91. The predicted molar refractivity (Wildman–Crippen MR) is 67.8 cm³/mol. The zero-order valence-corrected chi connectivity index (χ0v) is 10.4. The van der Waals surface area contributed by atoms with Crippen LogP contribution >= 0.6 is 0 Å². The highest BCUT2D eigenvalue weighted by molar-refractivity contribution is 5.88. The number of allylic oxidation sites excluding steroid dienone is 2. The van der Waals surface area contributed by atoms with Gasteiger partial charge in [-0.15, -0.1) is 0 Å². The molecule has 96 valence electrons. The summed E-state index contributed by atoms with van der Waals surface area (Å²) in [5.74, 6) is 0.204. The molecule has 0 bridgehead atoms. The minimum Gasteiger partial charge on any atom is -0.465 e. The lowest BCUT2D eigenvalue weighted by Crippen LogP contribution is -2.43. The smallest absolute Gasteiger partial charge is 0.318 e. The van der Waals surface area contributed by atoms with Crippen molar-refractivity contribution in [3.05, 3.63) is 23.4 Å². The molecule has 2 heterocycles. The number of hydrogen-bond acceptors (Lipinski definition) is 5. The van der Waals surface area contributed by atoms with Crippen LogP contribution in [0.25, 0.3) is 0 Å². The van der Waals surface area contributed by atoms with Crippen molar-refractivity contribution in [1.82, 2.24) is 10.9 Å². The lowest BCUT2D eigenvalue weighted by molar-refractivity contribution is -0.153. The third kappa shape index (κ3) is 1.58. The van der Waals surface area contributed by atoms with Crippen molar-refractivity contribution in [2.45, 2.75) is 13.3 Å². The fraction of sp³-hybridized carbons (Fsp3) is 0.538. The first-order valence-corrected chi connectivity index (χ1v) is 6.34. The minimum atomic E-state index is -0.577. The molecule has 0 aromatic carbocycles. The fourth-order valence-corrected chi connectivity index (χ4v) is 2.91. The van der Waals surface area contributed by atoms with E-state index in [0.717, 1.165) is 24.2 Å². The highest BCUT2D eigenvalue weighted by atomic mass is 16.5. The van der Waals surface area contributed by atoms with Gasteiger partial charge in [0.15, 0.2) is 0 Å². The Morgan fingerprint density at radius 3 is 3.39 bits per heavy atom. The highest BCUT2D eigenvalue weighted by Gasteiger charge is 2.49. The van der Waals surface area contributed by atoms with Gasteiger partial charge in [-0.05, 0) is 31.1 Å². The molecule has 3 rings (SSSR count). The van der Waals surface area contributed by atoms with Gasteiger partial charge in [-0.2, -0.15) is 0 Å². The van der Waals surface area contributed by atoms with Gasteiger partial charge in [-0.1, -0.05) is 0 Å². The van der Waals surface area contributed by atoms with E-state index >= 15 is 0 Å². The van der Waals surface area contributed by atoms with Gasteiger partial charge >= 0.3 is 5.97 Å². The Hall–Kier alpha value is -1.62. The van der Waals surface area contributed by atoms with Gasteiger partial charge in [0.1, 0.15) is 5.41 Å². The molecule has 1 aliphatic carbocycles. The summed E-state index contributed by atoms with van der Waals surface area (Å²) in [6.45, 7) is 3.60. The lowest BCUT2D eigenvalue weighted by atomic mass is 9.68. The molecule has 2 unspecified atom stereocenters. The van der Waals surface area contributed by atoms with Crippen molar-refractivity contribution in [2.75, 3.05) is 19.7 Å². The molecule has 5 nitrogen and oxygen atoms in total. The first-order valence-electron chi connectivity index (χ1n) is 6.34. The molecule has 18 heavy (non-hydrogen) atoms. The van der Waals surface area contributed by atoms with E-state index in [0.29, 0.717) is 19.1 Å². The van der Waals surface area contributed by atoms with Gasteiger partial charge in [-0.25, -0.2) is 5.43 Å². The monoisotopic (exact) mass is 247 g/mol.